The molecule has 5 heavy (non-hydrogen) atoms. The van der Waals surface area contributed by atoms with Gasteiger partial charge in [0.1, 0.15) is 0 Å². The van der Waals surface area contributed by atoms with E-state index in [2.05, 4.69) is 6.57 Å². The molecule has 0 N–H and O–H groups in total. The maximum absolute atomic E-state index is 6.50. The summed E-state index contributed by atoms with van der Waals surface area (Å²) < 4.78 is 0. The van der Waals surface area contributed by atoms with Gasteiger partial charge in [-0.05, 0) is 0 Å². The standard InChI is InChI=1S/CHN.2Ag.K.H/c1-2;;;;/h1H;;;;. The monoisotopic (exact) mass is 281 g/mol. The van der Waals surface area contributed by atoms with Crippen LogP contribution in [0.25, 0.3) is 0 Å². The molecule has 0 heterocycles. The fourth-order valence-electron chi connectivity index (χ4n) is 0. The van der Waals surface area contributed by atoms with Gasteiger partial charge in [-0.3, -0.25) is 0 Å². The van der Waals surface area contributed by atoms with Crippen LogP contribution in [0.4, 0.5) is 0 Å². The van der Waals surface area contributed by atoms with Crippen molar-refractivity contribution in [1.82, 2.24) is 0 Å². The predicted molar refractivity (Wildman–Crippen MR) is 13.8 cm³/mol. The third kappa shape index (κ3) is 20.6. The van der Waals surface area contributed by atoms with Gasteiger partial charge in [-0.25, -0.2) is 5.26 Å². The summed E-state index contributed by atoms with van der Waals surface area (Å²) >= 11 is 0. The molecule has 0 rings (SSSR count). The Morgan fingerprint density at radius 2 is 1.00 bits per heavy atom. The van der Waals surface area contributed by atoms with Crippen molar-refractivity contribution in [3.05, 3.63) is 0 Å². The number of hydrogen-bond acceptors (Lipinski definition) is 1. The number of hydrogen-bond donors (Lipinski definition) is 0. The summed E-state index contributed by atoms with van der Waals surface area (Å²) in [7, 11) is 0. The molecule has 2 radical (unpaired) electrons. The topological polar surface area (TPSA) is 23.8 Å². The molecule has 34 valence electrons. The zero-order valence-electron chi connectivity index (χ0n) is 1.63. The second-order valence-corrected chi connectivity index (χ2v) is 0. The third-order valence-corrected chi connectivity index (χ3v) is 0. The van der Waals surface area contributed by atoms with Crippen molar-refractivity contribution in [2.45, 2.75) is 0 Å². The van der Waals surface area contributed by atoms with Crippen LogP contribution in [0.2, 0.25) is 0 Å². The number of nitrogens with zero attached hydrogens (tertiary/aromatic N) is 1. The van der Waals surface area contributed by atoms with Crippen molar-refractivity contribution >= 4 is 51.4 Å². The molecule has 0 aliphatic carbocycles. The maximum atomic E-state index is 6.50. The Labute approximate surface area is 105 Å². The van der Waals surface area contributed by atoms with E-state index < -0.39 is 0 Å². The van der Waals surface area contributed by atoms with Crippen LogP contribution in [-0.2, 0) is 44.8 Å². The van der Waals surface area contributed by atoms with Gasteiger partial charge in [-0.15, -0.1) is 0 Å². The zero-order chi connectivity index (χ0) is 2.00. The van der Waals surface area contributed by atoms with Crippen LogP contribution < -0.4 is 0 Å². The molecule has 4 heteroatoms. The van der Waals surface area contributed by atoms with Crippen LogP contribution >= 0.6 is 0 Å². The quantitative estimate of drug-likeness (QED) is 0.549. The molecule has 0 amide bonds. The van der Waals surface area contributed by atoms with Crippen LogP contribution in [0, 0.1) is 11.8 Å². The van der Waals surface area contributed by atoms with E-state index in [-0.39, 0.29) is 96.1 Å². The van der Waals surface area contributed by atoms with Gasteiger partial charge in [-0.1, -0.05) is 0 Å². The first-order chi connectivity index (χ1) is 1.00. The van der Waals surface area contributed by atoms with Crippen LogP contribution in [0.3, 0.4) is 0 Å². The van der Waals surface area contributed by atoms with E-state index in [1.165, 1.54) is 0 Å². The Bertz CT molecular complexity index is 14.4. The second-order valence-electron chi connectivity index (χ2n) is 0. The van der Waals surface area contributed by atoms with Gasteiger partial charge >= 0.3 is 51.4 Å². The van der Waals surface area contributed by atoms with E-state index in [1.54, 1.807) is 0 Å². The predicted octanol–water partition coefficient (Wildman–Crippen LogP) is -0.514. The van der Waals surface area contributed by atoms with E-state index in [0.717, 1.165) is 0 Å². The minimum atomic E-state index is 0. The average Bonchev–Trinajstić information content (AvgIpc) is 1.00. The fraction of sp³-hybridized carbons (Fsp3) is 0. The summed E-state index contributed by atoms with van der Waals surface area (Å²) in [5.74, 6) is 0. The van der Waals surface area contributed by atoms with Crippen molar-refractivity contribution < 1.29 is 44.8 Å². The molecule has 0 saturated carbocycles. The van der Waals surface area contributed by atoms with Gasteiger partial charge in [0.2, 0.25) is 0 Å². The van der Waals surface area contributed by atoms with Gasteiger partial charge in [0, 0.05) is 51.3 Å². The molecule has 0 aromatic rings. The van der Waals surface area contributed by atoms with E-state index in [9.17, 15) is 0 Å². The van der Waals surface area contributed by atoms with Gasteiger partial charge in [0.15, 0.2) is 0 Å². The Morgan fingerprint density at radius 3 is 1.00 bits per heavy atom. The molecule has 0 bridgehead atoms. The van der Waals surface area contributed by atoms with Crippen molar-refractivity contribution in [2.75, 3.05) is 0 Å². The van der Waals surface area contributed by atoms with Gasteiger partial charge in [0.25, 0.3) is 0 Å². The summed E-state index contributed by atoms with van der Waals surface area (Å²) in [6, 6.07) is 0. The first kappa shape index (κ1) is 25.5. The summed E-state index contributed by atoms with van der Waals surface area (Å²) in [5, 5.41) is 6.50. The fourth-order valence-corrected chi connectivity index (χ4v) is 0. The summed E-state index contributed by atoms with van der Waals surface area (Å²) in [6.07, 6.45) is 0. The molecule has 0 aliphatic heterocycles. The van der Waals surface area contributed by atoms with Crippen molar-refractivity contribution in [3.8, 4) is 6.57 Å². The molecule has 0 aliphatic rings. The Hall–Kier alpha value is 2.61. The van der Waals surface area contributed by atoms with Crippen molar-refractivity contribution in [3.63, 3.8) is 0 Å². The summed E-state index contributed by atoms with van der Waals surface area (Å²) in [6.45, 7) is 3.50. The van der Waals surface area contributed by atoms with Crippen molar-refractivity contribution in [2.24, 2.45) is 0 Å². The molecule has 0 spiro atoms. The first-order valence-electron chi connectivity index (χ1n) is 0.258. The third-order valence-electron chi connectivity index (χ3n) is 0. The molecule has 0 atom stereocenters. The van der Waals surface area contributed by atoms with E-state index >= 15 is 0 Å². The summed E-state index contributed by atoms with van der Waals surface area (Å²) in [5.41, 5.74) is 0. The second kappa shape index (κ2) is 30.6. The minimum absolute atomic E-state index is 0. The Balaban J connectivity index is -0.00000000167. The number of nitriles is 1. The van der Waals surface area contributed by atoms with Crippen LogP contribution in [0.5, 0.6) is 0 Å². The van der Waals surface area contributed by atoms with Crippen LogP contribution in [0.1, 0.15) is 0 Å². The molecule has 0 saturated heterocycles. The molecule has 0 unspecified atom stereocenters. The Morgan fingerprint density at radius 1 is 1.00 bits per heavy atom. The van der Waals surface area contributed by atoms with Crippen LogP contribution in [0.15, 0.2) is 0 Å². The van der Waals surface area contributed by atoms with Gasteiger partial charge in [0.05, 0.1) is 0 Å². The normalized spacial score (nSPS) is 0.400. The first-order valence-corrected chi connectivity index (χ1v) is 0.258. The molecular formula is CH2Ag2KN. The SMILES string of the molecule is C#N.[Ag].[Ag].[KH]. The molecule has 1 nitrogen and oxygen atoms in total. The molecule has 0 aromatic carbocycles. The molecule has 0 fully saturated rings. The molecular weight excluding hydrogens is 281 g/mol. The molecule has 0 aromatic heterocycles. The zero-order valence-corrected chi connectivity index (χ0v) is 4.59. The number of rotatable bonds is 0. The van der Waals surface area contributed by atoms with Gasteiger partial charge in [-0.2, -0.15) is 0 Å². The van der Waals surface area contributed by atoms with E-state index in [1.807, 2.05) is 0 Å². The van der Waals surface area contributed by atoms with Crippen molar-refractivity contribution in [1.29, 1.82) is 5.26 Å². The average molecular weight is 283 g/mol. The van der Waals surface area contributed by atoms with Gasteiger partial charge < -0.3 is 0 Å². The van der Waals surface area contributed by atoms with E-state index in [4.69, 9.17) is 5.26 Å². The van der Waals surface area contributed by atoms with Crippen LogP contribution in [-0.4, -0.2) is 51.4 Å². The van der Waals surface area contributed by atoms with E-state index in [0.29, 0.717) is 0 Å². The Kier molecular flexibility index (Phi) is 156. The summed E-state index contributed by atoms with van der Waals surface area (Å²) in [4.78, 5) is 0.